The van der Waals surface area contributed by atoms with E-state index in [1.165, 1.54) is 11.1 Å². The molecule has 17 heavy (non-hydrogen) atoms. The molecular weight excluding hydrogens is 230 g/mol. The van der Waals surface area contributed by atoms with Crippen LogP contribution >= 0.6 is 11.8 Å². The fourth-order valence-electron chi connectivity index (χ4n) is 1.69. The van der Waals surface area contributed by atoms with Crippen LogP contribution in [-0.4, -0.2) is 14.8 Å². The molecular formula is C13H17N3S. The average molecular weight is 247 g/mol. The van der Waals surface area contributed by atoms with Crippen LogP contribution in [0.25, 0.3) is 0 Å². The van der Waals surface area contributed by atoms with Crippen LogP contribution in [0.15, 0.2) is 29.4 Å². The number of nitrogens with zero attached hydrogens (tertiary/aromatic N) is 3. The quantitative estimate of drug-likeness (QED) is 0.778. The zero-order chi connectivity index (χ0) is 12.3. The Kier molecular flexibility index (Phi) is 3.84. The van der Waals surface area contributed by atoms with Crippen molar-refractivity contribution >= 4 is 11.8 Å². The molecule has 0 spiro atoms. The van der Waals surface area contributed by atoms with Gasteiger partial charge in [0.25, 0.3) is 0 Å². The third-order valence-corrected chi connectivity index (χ3v) is 3.93. The van der Waals surface area contributed by atoms with Gasteiger partial charge in [0.2, 0.25) is 0 Å². The van der Waals surface area contributed by atoms with Gasteiger partial charge in [0, 0.05) is 19.2 Å². The summed E-state index contributed by atoms with van der Waals surface area (Å²) in [7, 11) is 2.03. The lowest BCUT2D eigenvalue weighted by molar-refractivity contribution is 0.741. The Morgan fingerprint density at radius 1 is 1.24 bits per heavy atom. The topological polar surface area (TPSA) is 30.7 Å². The van der Waals surface area contributed by atoms with E-state index in [-0.39, 0.29) is 0 Å². The molecule has 90 valence electrons. The van der Waals surface area contributed by atoms with Crippen molar-refractivity contribution in [2.75, 3.05) is 0 Å². The second-order valence-electron chi connectivity index (χ2n) is 4.03. The number of hydrogen-bond acceptors (Lipinski definition) is 3. The Bertz CT molecular complexity index is 505. The predicted octanol–water partition coefficient (Wildman–Crippen LogP) is 2.98. The van der Waals surface area contributed by atoms with E-state index in [9.17, 15) is 0 Å². The van der Waals surface area contributed by atoms with E-state index < -0.39 is 0 Å². The van der Waals surface area contributed by atoms with Crippen LogP contribution in [0.5, 0.6) is 0 Å². The molecule has 0 aliphatic rings. The fraction of sp³-hybridized carbons (Fsp3) is 0.385. The lowest BCUT2D eigenvalue weighted by Crippen LogP contribution is -1.97. The van der Waals surface area contributed by atoms with Crippen molar-refractivity contribution in [2.24, 2.45) is 7.05 Å². The van der Waals surface area contributed by atoms with Crippen LogP contribution in [-0.2, 0) is 19.2 Å². The molecule has 0 bridgehead atoms. The Hall–Kier alpha value is -1.29. The van der Waals surface area contributed by atoms with Crippen molar-refractivity contribution in [1.82, 2.24) is 14.8 Å². The highest BCUT2D eigenvalue weighted by molar-refractivity contribution is 7.98. The van der Waals surface area contributed by atoms with E-state index in [0.29, 0.717) is 0 Å². The van der Waals surface area contributed by atoms with Crippen LogP contribution in [0.1, 0.15) is 23.9 Å². The molecule has 0 amide bonds. The minimum Gasteiger partial charge on any atom is -0.309 e. The molecule has 3 nitrogen and oxygen atoms in total. The molecule has 0 aliphatic carbocycles. The van der Waals surface area contributed by atoms with Gasteiger partial charge in [0.05, 0.1) is 0 Å². The molecule has 0 atom stereocenters. The molecule has 1 aromatic carbocycles. The zero-order valence-corrected chi connectivity index (χ0v) is 11.3. The fourth-order valence-corrected chi connectivity index (χ4v) is 2.70. The van der Waals surface area contributed by atoms with E-state index in [0.717, 1.165) is 23.2 Å². The summed E-state index contributed by atoms with van der Waals surface area (Å²) in [5.74, 6) is 1.99. The van der Waals surface area contributed by atoms with Crippen LogP contribution in [0, 0.1) is 6.92 Å². The van der Waals surface area contributed by atoms with Gasteiger partial charge >= 0.3 is 0 Å². The Labute approximate surface area is 106 Å². The minimum absolute atomic E-state index is 0.925. The van der Waals surface area contributed by atoms with Gasteiger partial charge in [-0.2, -0.15) is 0 Å². The van der Waals surface area contributed by atoms with Crippen molar-refractivity contribution in [3.63, 3.8) is 0 Å². The molecule has 2 aromatic rings. The first kappa shape index (κ1) is 12.2. The van der Waals surface area contributed by atoms with Crippen molar-refractivity contribution in [3.05, 3.63) is 41.2 Å². The Morgan fingerprint density at radius 2 is 2.00 bits per heavy atom. The monoisotopic (exact) mass is 247 g/mol. The van der Waals surface area contributed by atoms with E-state index in [4.69, 9.17) is 0 Å². The molecule has 0 N–H and O–H groups in total. The maximum Gasteiger partial charge on any atom is 0.191 e. The molecule has 0 aliphatic heterocycles. The summed E-state index contributed by atoms with van der Waals surface area (Å²) < 4.78 is 2.07. The standard InChI is InChI=1S/C13H17N3S/c1-4-12-14-15-13(16(12)3)17-9-11-8-6-5-7-10(11)2/h5-8H,4,9H2,1-3H3. The molecule has 0 saturated carbocycles. The lowest BCUT2D eigenvalue weighted by atomic mass is 10.1. The van der Waals surface area contributed by atoms with Gasteiger partial charge in [-0.15, -0.1) is 10.2 Å². The molecule has 0 unspecified atom stereocenters. The third kappa shape index (κ3) is 2.69. The van der Waals surface area contributed by atoms with Crippen molar-refractivity contribution < 1.29 is 0 Å². The smallest absolute Gasteiger partial charge is 0.191 e. The van der Waals surface area contributed by atoms with Gasteiger partial charge < -0.3 is 4.57 Å². The van der Waals surface area contributed by atoms with Gasteiger partial charge in [0.15, 0.2) is 5.16 Å². The van der Waals surface area contributed by atoms with Crippen LogP contribution in [0.3, 0.4) is 0 Å². The van der Waals surface area contributed by atoms with E-state index in [2.05, 4.69) is 52.9 Å². The van der Waals surface area contributed by atoms with Crippen LogP contribution in [0.4, 0.5) is 0 Å². The van der Waals surface area contributed by atoms with Crippen molar-refractivity contribution in [1.29, 1.82) is 0 Å². The summed E-state index contributed by atoms with van der Waals surface area (Å²) in [6, 6.07) is 8.46. The lowest BCUT2D eigenvalue weighted by Gasteiger charge is -2.05. The average Bonchev–Trinajstić information content (AvgIpc) is 2.69. The van der Waals surface area contributed by atoms with Gasteiger partial charge in [0.1, 0.15) is 5.82 Å². The normalized spacial score (nSPS) is 10.8. The number of thioether (sulfide) groups is 1. The Balaban J connectivity index is 2.07. The second-order valence-corrected chi connectivity index (χ2v) is 4.97. The molecule has 0 fully saturated rings. The van der Waals surface area contributed by atoms with E-state index in [1.807, 2.05) is 7.05 Å². The van der Waals surface area contributed by atoms with Crippen LogP contribution in [0.2, 0.25) is 0 Å². The summed E-state index contributed by atoms with van der Waals surface area (Å²) >= 11 is 1.74. The summed E-state index contributed by atoms with van der Waals surface area (Å²) in [6.07, 6.45) is 0.925. The first-order chi connectivity index (χ1) is 8.22. The Morgan fingerprint density at radius 3 is 2.65 bits per heavy atom. The highest BCUT2D eigenvalue weighted by Gasteiger charge is 2.08. The molecule has 2 rings (SSSR count). The van der Waals surface area contributed by atoms with Gasteiger partial charge in [-0.3, -0.25) is 0 Å². The maximum absolute atomic E-state index is 4.21. The molecule has 4 heteroatoms. The van der Waals surface area contributed by atoms with Gasteiger partial charge in [-0.25, -0.2) is 0 Å². The van der Waals surface area contributed by atoms with Crippen LogP contribution < -0.4 is 0 Å². The molecule has 1 aromatic heterocycles. The molecule has 0 saturated heterocycles. The highest BCUT2D eigenvalue weighted by Crippen LogP contribution is 2.22. The van der Waals surface area contributed by atoms with E-state index in [1.54, 1.807) is 11.8 Å². The van der Waals surface area contributed by atoms with Crippen molar-refractivity contribution in [2.45, 2.75) is 31.2 Å². The zero-order valence-electron chi connectivity index (χ0n) is 10.5. The van der Waals surface area contributed by atoms with Gasteiger partial charge in [-0.05, 0) is 18.1 Å². The maximum atomic E-state index is 4.21. The summed E-state index contributed by atoms with van der Waals surface area (Å²) in [5.41, 5.74) is 2.69. The van der Waals surface area contributed by atoms with E-state index >= 15 is 0 Å². The van der Waals surface area contributed by atoms with Gasteiger partial charge in [-0.1, -0.05) is 43.0 Å². The summed E-state index contributed by atoms with van der Waals surface area (Å²) in [6.45, 7) is 4.24. The molecule has 1 heterocycles. The third-order valence-electron chi connectivity index (χ3n) is 2.86. The second kappa shape index (κ2) is 5.36. The predicted molar refractivity (Wildman–Crippen MR) is 71.1 cm³/mol. The first-order valence-electron chi connectivity index (χ1n) is 5.78. The number of aromatic nitrogens is 3. The van der Waals surface area contributed by atoms with Crippen molar-refractivity contribution in [3.8, 4) is 0 Å². The minimum atomic E-state index is 0.925. The first-order valence-corrected chi connectivity index (χ1v) is 6.76. The summed E-state index contributed by atoms with van der Waals surface area (Å²) in [5, 5.41) is 9.36. The number of benzene rings is 1. The number of rotatable bonds is 4. The number of hydrogen-bond donors (Lipinski definition) is 0. The number of aryl methyl sites for hydroxylation is 2. The highest BCUT2D eigenvalue weighted by atomic mass is 32.2. The largest absolute Gasteiger partial charge is 0.309 e. The SMILES string of the molecule is CCc1nnc(SCc2ccccc2C)n1C. The molecule has 0 radical (unpaired) electrons. The summed E-state index contributed by atoms with van der Waals surface area (Å²) in [4.78, 5) is 0.